The third-order valence-electron chi connectivity index (χ3n) is 4.87. The summed E-state index contributed by atoms with van der Waals surface area (Å²) in [5.74, 6) is 1.75. The molecule has 1 unspecified atom stereocenters. The lowest BCUT2D eigenvalue weighted by molar-refractivity contribution is -0.122. The van der Waals surface area contributed by atoms with Crippen LogP contribution in [0.25, 0.3) is 6.08 Å². The average Bonchev–Trinajstić information content (AvgIpc) is 3.19. The van der Waals surface area contributed by atoms with Crippen LogP contribution in [0.1, 0.15) is 23.6 Å². The number of thiocarbonyl (C=S) groups is 1. The minimum Gasteiger partial charge on any atom is -0.497 e. The minimum atomic E-state index is -0.0198. The Labute approximate surface area is 174 Å². The van der Waals surface area contributed by atoms with Crippen LogP contribution in [0.4, 0.5) is 0 Å². The summed E-state index contributed by atoms with van der Waals surface area (Å²) in [4.78, 5) is 15.2. The molecule has 0 aromatic heterocycles. The molecular formula is C22H21NO3S2. The van der Waals surface area contributed by atoms with E-state index < -0.39 is 0 Å². The highest BCUT2D eigenvalue weighted by Gasteiger charge is 2.31. The number of thioether (sulfide) groups is 1. The zero-order chi connectivity index (χ0) is 19.7. The van der Waals surface area contributed by atoms with Crippen LogP contribution >= 0.6 is 24.0 Å². The third-order valence-corrected chi connectivity index (χ3v) is 6.25. The molecule has 28 heavy (non-hydrogen) atoms. The number of carbonyl (C=O) groups is 1. The number of fused-ring (bicyclic) bond motifs is 1. The molecule has 1 fully saturated rings. The smallest absolute Gasteiger partial charge is 0.266 e. The van der Waals surface area contributed by atoms with Crippen molar-refractivity contribution in [2.75, 3.05) is 13.7 Å². The van der Waals surface area contributed by atoms with Gasteiger partial charge in [0.05, 0.1) is 12.0 Å². The van der Waals surface area contributed by atoms with Gasteiger partial charge in [0, 0.05) is 13.0 Å². The van der Waals surface area contributed by atoms with Gasteiger partial charge in [0.25, 0.3) is 5.91 Å². The predicted molar refractivity (Wildman–Crippen MR) is 117 cm³/mol. The standard InChI is InChI=1S/C22H21NO3S2/c1-14-11-17-12-16(5-8-19(17)26-14)13-20-21(24)23(22(27)28-20)10-9-15-3-6-18(25-2)7-4-15/h3-8,12-14H,9-11H2,1-2H3/b20-13-. The fraction of sp³-hybridized carbons (Fsp3) is 0.273. The van der Waals surface area contributed by atoms with Gasteiger partial charge < -0.3 is 9.47 Å². The second-order valence-corrected chi connectivity index (χ2v) is 8.61. The van der Waals surface area contributed by atoms with E-state index in [9.17, 15) is 4.79 Å². The molecule has 0 spiro atoms. The molecule has 4 nitrogen and oxygen atoms in total. The first kappa shape index (κ1) is 19.0. The molecule has 2 aliphatic rings. The quantitative estimate of drug-likeness (QED) is 0.536. The van der Waals surface area contributed by atoms with E-state index in [0.29, 0.717) is 15.8 Å². The van der Waals surface area contributed by atoms with E-state index in [4.69, 9.17) is 21.7 Å². The molecule has 0 N–H and O–H groups in total. The summed E-state index contributed by atoms with van der Waals surface area (Å²) in [6.07, 6.45) is 3.79. The molecule has 6 heteroatoms. The normalized spacial score (nSPS) is 19.9. The Morgan fingerprint density at radius 3 is 2.82 bits per heavy atom. The molecule has 2 aromatic rings. The maximum absolute atomic E-state index is 12.8. The largest absolute Gasteiger partial charge is 0.497 e. The van der Waals surface area contributed by atoms with Gasteiger partial charge in [-0.25, -0.2) is 0 Å². The molecule has 1 saturated heterocycles. The summed E-state index contributed by atoms with van der Waals surface area (Å²) in [7, 11) is 1.65. The molecule has 2 aliphatic heterocycles. The first-order chi connectivity index (χ1) is 13.5. The molecule has 1 amide bonds. The first-order valence-electron chi connectivity index (χ1n) is 9.21. The number of hydrogen-bond donors (Lipinski definition) is 0. The van der Waals surface area contributed by atoms with Crippen molar-refractivity contribution in [2.45, 2.75) is 25.9 Å². The fourth-order valence-corrected chi connectivity index (χ4v) is 4.72. The first-order valence-corrected chi connectivity index (χ1v) is 10.4. The highest BCUT2D eigenvalue weighted by atomic mass is 32.2. The van der Waals surface area contributed by atoms with Gasteiger partial charge in [0.15, 0.2) is 0 Å². The lowest BCUT2D eigenvalue weighted by Gasteiger charge is -2.14. The third kappa shape index (κ3) is 3.93. The van der Waals surface area contributed by atoms with Crippen LogP contribution in [-0.2, 0) is 17.6 Å². The number of ether oxygens (including phenoxy) is 2. The van der Waals surface area contributed by atoms with Crippen molar-refractivity contribution in [3.63, 3.8) is 0 Å². The summed E-state index contributed by atoms with van der Waals surface area (Å²) in [5.41, 5.74) is 3.34. The summed E-state index contributed by atoms with van der Waals surface area (Å²) in [6, 6.07) is 14.0. The molecule has 1 atom stereocenters. The van der Waals surface area contributed by atoms with E-state index in [1.54, 1.807) is 12.0 Å². The zero-order valence-electron chi connectivity index (χ0n) is 15.8. The van der Waals surface area contributed by atoms with Crippen molar-refractivity contribution in [2.24, 2.45) is 0 Å². The number of amides is 1. The summed E-state index contributed by atoms with van der Waals surface area (Å²) < 4.78 is 11.5. The molecule has 144 valence electrons. The molecule has 0 bridgehead atoms. The number of rotatable bonds is 5. The van der Waals surface area contributed by atoms with Crippen LogP contribution in [-0.4, -0.2) is 34.9 Å². The number of methoxy groups -OCH3 is 1. The second-order valence-electron chi connectivity index (χ2n) is 6.93. The SMILES string of the molecule is COc1ccc(CCN2C(=O)/C(=C/c3ccc4c(c3)CC(C)O4)SC2=S)cc1. The van der Waals surface area contributed by atoms with E-state index in [1.807, 2.05) is 42.5 Å². The Bertz CT molecular complexity index is 953. The number of benzene rings is 2. The highest BCUT2D eigenvalue weighted by Crippen LogP contribution is 2.35. The van der Waals surface area contributed by atoms with E-state index in [2.05, 4.69) is 13.0 Å². The van der Waals surface area contributed by atoms with Crippen LogP contribution in [0.5, 0.6) is 11.5 Å². The van der Waals surface area contributed by atoms with Gasteiger partial charge >= 0.3 is 0 Å². The van der Waals surface area contributed by atoms with Gasteiger partial charge in [0.1, 0.15) is 21.9 Å². The van der Waals surface area contributed by atoms with Gasteiger partial charge in [-0.15, -0.1) is 0 Å². The Morgan fingerprint density at radius 1 is 1.29 bits per heavy atom. The van der Waals surface area contributed by atoms with Crippen LogP contribution in [0.3, 0.4) is 0 Å². The van der Waals surface area contributed by atoms with E-state index in [1.165, 1.54) is 17.3 Å². The molecule has 0 radical (unpaired) electrons. The second kappa shape index (κ2) is 7.97. The molecule has 2 aromatic carbocycles. The van der Waals surface area contributed by atoms with Gasteiger partial charge in [-0.05, 0) is 60.4 Å². The summed E-state index contributed by atoms with van der Waals surface area (Å²) >= 11 is 6.82. The predicted octanol–water partition coefficient (Wildman–Crippen LogP) is 4.46. The molecule has 0 aliphatic carbocycles. The lowest BCUT2D eigenvalue weighted by atomic mass is 10.1. The molecule has 2 heterocycles. The number of nitrogens with zero attached hydrogens (tertiary/aromatic N) is 1. The number of hydrogen-bond acceptors (Lipinski definition) is 5. The van der Waals surface area contributed by atoms with E-state index in [0.717, 1.165) is 35.5 Å². The van der Waals surface area contributed by atoms with Gasteiger partial charge in [-0.3, -0.25) is 9.69 Å². The fourth-order valence-electron chi connectivity index (χ4n) is 3.41. The average molecular weight is 412 g/mol. The van der Waals surface area contributed by atoms with Crippen LogP contribution in [0.15, 0.2) is 47.4 Å². The Hall–Kier alpha value is -2.31. The summed E-state index contributed by atoms with van der Waals surface area (Å²) in [5, 5.41) is 0. The highest BCUT2D eigenvalue weighted by molar-refractivity contribution is 8.26. The topological polar surface area (TPSA) is 38.8 Å². The Kier molecular flexibility index (Phi) is 5.42. The van der Waals surface area contributed by atoms with Crippen molar-refractivity contribution in [3.8, 4) is 11.5 Å². The zero-order valence-corrected chi connectivity index (χ0v) is 17.4. The van der Waals surface area contributed by atoms with E-state index >= 15 is 0 Å². The van der Waals surface area contributed by atoms with Gasteiger partial charge in [-0.1, -0.05) is 42.2 Å². The Morgan fingerprint density at radius 2 is 2.07 bits per heavy atom. The maximum Gasteiger partial charge on any atom is 0.266 e. The molecule has 0 saturated carbocycles. The molecule has 4 rings (SSSR count). The van der Waals surface area contributed by atoms with Gasteiger partial charge in [-0.2, -0.15) is 0 Å². The van der Waals surface area contributed by atoms with Crippen LogP contribution in [0.2, 0.25) is 0 Å². The van der Waals surface area contributed by atoms with Gasteiger partial charge in [0.2, 0.25) is 0 Å². The molecular weight excluding hydrogens is 390 g/mol. The van der Waals surface area contributed by atoms with Crippen molar-refractivity contribution in [1.82, 2.24) is 4.90 Å². The van der Waals surface area contributed by atoms with Crippen molar-refractivity contribution < 1.29 is 14.3 Å². The minimum absolute atomic E-state index is 0.0198. The Balaban J connectivity index is 1.44. The van der Waals surface area contributed by atoms with Crippen LogP contribution in [0, 0.1) is 0 Å². The maximum atomic E-state index is 12.8. The van der Waals surface area contributed by atoms with Crippen molar-refractivity contribution in [1.29, 1.82) is 0 Å². The van der Waals surface area contributed by atoms with Crippen LogP contribution < -0.4 is 9.47 Å². The monoisotopic (exact) mass is 411 g/mol. The number of carbonyl (C=O) groups excluding carboxylic acids is 1. The van der Waals surface area contributed by atoms with Crippen molar-refractivity contribution >= 4 is 40.3 Å². The lowest BCUT2D eigenvalue weighted by Crippen LogP contribution is -2.30. The van der Waals surface area contributed by atoms with E-state index in [-0.39, 0.29) is 12.0 Å². The summed E-state index contributed by atoms with van der Waals surface area (Å²) in [6.45, 7) is 2.64. The van der Waals surface area contributed by atoms with Crippen molar-refractivity contribution in [3.05, 3.63) is 64.1 Å².